The molecule has 3 rings (SSSR count). The fraction of sp³-hybridized carbons (Fsp3) is 0.458. The van der Waals surface area contributed by atoms with Gasteiger partial charge < -0.3 is 9.64 Å². The minimum absolute atomic E-state index is 0.191. The number of hydrogen-bond acceptors (Lipinski definition) is 4. The van der Waals surface area contributed by atoms with Crippen LogP contribution in [0, 0.1) is 6.92 Å². The molecule has 0 saturated carbocycles. The summed E-state index contributed by atoms with van der Waals surface area (Å²) in [7, 11) is 4.03. The normalized spacial score (nSPS) is 16.8. The minimum atomic E-state index is -0.549. The summed E-state index contributed by atoms with van der Waals surface area (Å²) in [6.07, 6.45) is 1.48. The summed E-state index contributed by atoms with van der Waals surface area (Å²) < 4.78 is 5.43. The molecule has 2 aromatic rings. The van der Waals surface area contributed by atoms with E-state index in [1.54, 1.807) is 0 Å². The number of nitrogens with zero attached hydrogens (tertiary/aromatic N) is 2. The standard InChI is InChI=1S/C24H32N2O2/c1-5-24(25(3)4,18-21-9-7-6-8-19(21)2)23(27)20-10-12-22(13-11-20)26-14-16-28-17-15-26/h6-13H,5,14-18H2,1-4H3. The van der Waals surface area contributed by atoms with Gasteiger partial charge in [0, 0.05) is 24.3 Å². The molecule has 1 fully saturated rings. The van der Waals surface area contributed by atoms with Crippen molar-refractivity contribution < 1.29 is 9.53 Å². The Morgan fingerprint density at radius 1 is 1.07 bits per heavy atom. The van der Waals surface area contributed by atoms with Gasteiger partial charge in [0.25, 0.3) is 0 Å². The Labute approximate surface area is 169 Å². The molecule has 0 aromatic heterocycles. The molecule has 4 nitrogen and oxygen atoms in total. The van der Waals surface area contributed by atoms with Crippen molar-refractivity contribution in [2.75, 3.05) is 45.3 Å². The smallest absolute Gasteiger partial charge is 0.183 e. The molecule has 0 bridgehead atoms. The second-order valence-corrected chi connectivity index (χ2v) is 7.86. The molecule has 1 aliphatic rings. The molecule has 0 spiro atoms. The van der Waals surface area contributed by atoms with E-state index in [1.807, 2.05) is 32.3 Å². The molecule has 1 heterocycles. The Balaban J connectivity index is 1.88. The van der Waals surface area contributed by atoms with Crippen LogP contribution >= 0.6 is 0 Å². The second-order valence-electron chi connectivity index (χ2n) is 7.86. The van der Waals surface area contributed by atoms with Crippen LogP contribution in [0.15, 0.2) is 48.5 Å². The van der Waals surface area contributed by atoms with Gasteiger partial charge in [-0.2, -0.15) is 0 Å². The number of benzene rings is 2. The maximum Gasteiger partial charge on any atom is 0.183 e. The topological polar surface area (TPSA) is 32.8 Å². The number of likely N-dealkylation sites (N-methyl/N-ethyl adjacent to an activating group) is 1. The molecular formula is C24H32N2O2. The van der Waals surface area contributed by atoms with Crippen molar-refractivity contribution in [2.45, 2.75) is 32.2 Å². The Kier molecular flexibility index (Phi) is 6.53. The average molecular weight is 381 g/mol. The predicted octanol–water partition coefficient (Wildman–Crippen LogP) is 3.97. The lowest BCUT2D eigenvalue weighted by Gasteiger charge is -2.38. The van der Waals surface area contributed by atoms with Crippen molar-refractivity contribution in [3.8, 4) is 0 Å². The highest BCUT2D eigenvalue weighted by Crippen LogP contribution is 2.29. The number of anilines is 1. The number of ketones is 1. The van der Waals surface area contributed by atoms with Gasteiger partial charge in [-0.15, -0.1) is 0 Å². The number of carbonyl (C=O) groups is 1. The van der Waals surface area contributed by atoms with Crippen LogP contribution in [-0.4, -0.2) is 56.6 Å². The Morgan fingerprint density at radius 2 is 1.71 bits per heavy atom. The van der Waals surface area contributed by atoms with Crippen LogP contribution in [0.1, 0.15) is 34.8 Å². The zero-order chi connectivity index (χ0) is 20.1. The molecule has 150 valence electrons. The second kappa shape index (κ2) is 8.89. The van der Waals surface area contributed by atoms with Gasteiger partial charge in [0.2, 0.25) is 0 Å². The molecule has 4 heteroatoms. The quantitative estimate of drug-likeness (QED) is 0.681. The first-order valence-electron chi connectivity index (χ1n) is 10.2. The van der Waals surface area contributed by atoms with E-state index in [-0.39, 0.29) is 5.78 Å². The number of morpholine rings is 1. The first-order chi connectivity index (χ1) is 13.5. The lowest BCUT2D eigenvalue weighted by Crippen LogP contribution is -2.52. The van der Waals surface area contributed by atoms with E-state index in [1.165, 1.54) is 11.1 Å². The highest BCUT2D eigenvalue weighted by molar-refractivity contribution is 6.03. The fourth-order valence-corrected chi connectivity index (χ4v) is 4.08. The third-order valence-corrected chi connectivity index (χ3v) is 6.11. The third kappa shape index (κ3) is 4.13. The number of hydrogen-bond donors (Lipinski definition) is 0. The zero-order valence-electron chi connectivity index (χ0n) is 17.6. The van der Waals surface area contributed by atoms with E-state index in [0.29, 0.717) is 6.42 Å². The van der Waals surface area contributed by atoms with Gasteiger partial charge in [-0.3, -0.25) is 9.69 Å². The van der Waals surface area contributed by atoms with Gasteiger partial charge in [0.1, 0.15) is 0 Å². The van der Waals surface area contributed by atoms with Gasteiger partial charge in [0.15, 0.2) is 5.78 Å². The predicted molar refractivity (Wildman–Crippen MR) is 115 cm³/mol. The van der Waals surface area contributed by atoms with E-state index >= 15 is 0 Å². The van der Waals surface area contributed by atoms with Crippen molar-refractivity contribution in [3.63, 3.8) is 0 Å². The number of Topliss-reactive ketones (excluding diaryl/α,β-unsaturated/α-hetero) is 1. The van der Waals surface area contributed by atoms with Gasteiger partial charge in [-0.1, -0.05) is 31.2 Å². The molecule has 28 heavy (non-hydrogen) atoms. The SMILES string of the molecule is CCC(Cc1ccccc1C)(C(=O)c1ccc(N2CCOCC2)cc1)N(C)C. The Morgan fingerprint density at radius 3 is 2.29 bits per heavy atom. The van der Waals surface area contributed by atoms with Crippen LogP contribution in [-0.2, 0) is 11.2 Å². The summed E-state index contributed by atoms with van der Waals surface area (Å²) in [6, 6.07) is 16.5. The lowest BCUT2D eigenvalue weighted by atomic mass is 9.79. The fourth-order valence-electron chi connectivity index (χ4n) is 4.08. The first-order valence-corrected chi connectivity index (χ1v) is 10.2. The van der Waals surface area contributed by atoms with Crippen molar-refractivity contribution in [1.82, 2.24) is 4.90 Å². The summed E-state index contributed by atoms with van der Waals surface area (Å²) in [6.45, 7) is 7.55. The molecular weight excluding hydrogens is 348 g/mol. The van der Waals surface area contributed by atoms with E-state index < -0.39 is 5.54 Å². The van der Waals surface area contributed by atoms with Crippen LogP contribution in [0.4, 0.5) is 5.69 Å². The number of carbonyl (C=O) groups excluding carboxylic acids is 1. The molecule has 2 aromatic carbocycles. The first kappa shape index (κ1) is 20.6. The van der Waals surface area contributed by atoms with Crippen LogP contribution in [0.3, 0.4) is 0 Å². The van der Waals surface area contributed by atoms with Crippen LogP contribution < -0.4 is 4.90 Å². The molecule has 0 aliphatic carbocycles. The van der Waals surface area contributed by atoms with Crippen molar-refractivity contribution >= 4 is 11.5 Å². The molecule has 0 N–H and O–H groups in total. The van der Waals surface area contributed by atoms with Gasteiger partial charge in [-0.05, 0) is 69.3 Å². The third-order valence-electron chi connectivity index (χ3n) is 6.11. The Hall–Kier alpha value is -2.17. The highest BCUT2D eigenvalue weighted by Gasteiger charge is 2.39. The Bertz CT molecular complexity index is 795. The van der Waals surface area contributed by atoms with Crippen LogP contribution in [0.5, 0.6) is 0 Å². The maximum absolute atomic E-state index is 13.7. The molecule has 1 atom stereocenters. The highest BCUT2D eigenvalue weighted by atomic mass is 16.5. The monoisotopic (exact) mass is 380 g/mol. The zero-order valence-corrected chi connectivity index (χ0v) is 17.6. The van der Waals surface area contributed by atoms with E-state index in [9.17, 15) is 4.79 Å². The molecule has 0 amide bonds. The van der Waals surface area contributed by atoms with Gasteiger partial charge >= 0.3 is 0 Å². The number of ether oxygens (including phenoxy) is 1. The summed E-state index contributed by atoms with van der Waals surface area (Å²) in [5, 5.41) is 0. The van der Waals surface area contributed by atoms with Crippen molar-refractivity contribution in [2.24, 2.45) is 0 Å². The minimum Gasteiger partial charge on any atom is -0.378 e. The van der Waals surface area contributed by atoms with Crippen molar-refractivity contribution in [3.05, 3.63) is 65.2 Å². The summed E-state index contributed by atoms with van der Waals surface area (Å²) in [5.74, 6) is 0.191. The van der Waals surface area contributed by atoms with E-state index in [0.717, 1.165) is 44.0 Å². The van der Waals surface area contributed by atoms with Gasteiger partial charge in [0.05, 0.1) is 18.8 Å². The molecule has 1 saturated heterocycles. The average Bonchev–Trinajstić information content (AvgIpc) is 2.73. The number of aryl methyl sites for hydroxylation is 1. The molecule has 0 radical (unpaired) electrons. The molecule has 1 aliphatic heterocycles. The maximum atomic E-state index is 13.7. The van der Waals surface area contributed by atoms with Gasteiger partial charge in [-0.25, -0.2) is 0 Å². The van der Waals surface area contributed by atoms with Crippen LogP contribution in [0.2, 0.25) is 0 Å². The summed E-state index contributed by atoms with van der Waals surface area (Å²) >= 11 is 0. The summed E-state index contributed by atoms with van der Waals surface area (Å²) in [5.41, 5.74) is 3.85. The van der Waals surface area contributed by atoms with E-state index in [2.05, 4.69) is 54.0 Å². The van der Waals surface area contributed by atoms with Crippen LogP contribution in [0.25, 0.3) is 0 Å². The molecule has 1 unspecified atom stereocenters. The summed E-state index contributed by atoms with van der Waals surface area (Å²) in [4.78, 5) is 18.1. The largest absolute Gasteiger partial charge is 0.378 e. The van der Waals surface area contributed by atoms with E-state index in [4.69, 9.17) is 4.74 Å². The lowest BCUT2D eigenvalue weighted by molar-refractivity contribution is 0.0666. The van der Waals surface area contributed by atoms with Crippen molar-refractivity contribution in [1.29, 1.82) is 0 Å². The number of rotatable bonds is 7.